The van der Waals surface area contributed by atoms with E-state index in [1.807, 2.05) is 80.2 Å². The Morgan fingerprint density at radius 1 is 0.671 bits per heavy atom. The maximum atomic E-state index is 13.0. The first-order valence-electron chi connectivity index (χ1n) is 24.5. The number of fused-ring (bicyclic) bond motifs is 2. The van der Waals surface area contributed by atoms with Gasteiger partial charge < -0.3 is 30.5 Å². The fourth-order valence-electron chi connectivity index (χ4n) is 8.59. The van der Waals surface area contributed by atoms with Crippen LogP contribution in [0.3, 0.4) is 0 Å². The molecule has 0 fully saturated rings. The van der Waals surface area contributed by atoms with Gasteiger partial charge in [0, 0.05) is 73.3 Å². The normalized spacial score (nSPS) is 15.5. The van der Waals surface area contributed by atoms with Crippen LogP contribution < -0.4 is 16.4 Å². The third kappa shape index (κ3) is 13.3. The molecule has 20 heteroatoms. The number of aryl methyl sites for hydroxylation is 4. The Hall–Kier alpha value is -8.00. The number of carboxylic acid groups (broad SMARTS) is 1. The molecule has 6 heterocycles. The summed E-state index contributed by atoms with van der Waals surface area (Å²) < 4.78 is 13.3. The number of rotatable bonds is 10. The third-order valence-corrected chi connectivity index (χ3v) is 12.5. The van der Waals surface area contributed by atoms with Crippen molar-refractivity contribution in [1.29, 1.82) is 0 Å². The molecule has 2 unspecified atom stereocenters. The number of anilines is 4. The maximum Gasteiger partial charge on any atom is 0.394 e. The molecular formula is C53H63N15O5. The number of carboxylic acids is 1. The van der Waals surface area contributed by atoms with Crippen LogP contribution in [0.25, 0.3) is 22.5 Å². The van der Waals surface area contributed by atoms with Crippen LogP contribution in [0.15, 0.2) is 94.8 Å². The summed E-state index contributed by atoms with van der Waals surface area (Å²) >= 11 is 0. The molecule has 0 bridgehead atoms. The van der Waals surface area contributed by atoms with Crippen molar-refractivity contribution in [3.05, 3.63) is 131 Å². The molecule has 8 aromatic rings. The van der Waals surface area contributed by atoms with E-state index in [0.717, 1.165) is 72.4 Å². The zero-order valence-electron chi connectivity index (χ0n) is 42.6. The van der Waals surface area contributed by atoms with E-state index in [1.54, 1.807) is 34.2 Å². The highest BCUT2D eigenvalue weighted by atomic mass is 16.5. The summed E-state index contributed by atoms with van der Waals surface area (Å²) in [5.74, 6) is 0.628. The predicted octanol–water partition coefficient (Wildman–Crippen LogP) is 9.80. The summed E-state index contributed by atoms with van der Waals surface area (Å²) in [4.78, 5) is 49.4. The van der Waals surface area contributed by atoms with Gasteiger partial charge in [0.15, 0.2) is 11.6 Å². The molecule has 380 valence electrons. The summed E-state index contributed by atoms with van der Waals surface area (Å²) in [6, 6.07) is 17.0. The van der Waals surface area contributed by atoms with Gasteiger partial charge in [-0.25, -0.2) is 24.7 Å². The lowest BCUT2D eigenvalue weighted by Gasteiger charge is -2.17. The smallest absolute Gasteiger partial charge is 0.394 e. The Morgan fingerprint density at radius 2 is 1.16 bits per heavy atom. The molecule has 0 radical (unpaired) electrons. The number of aromatic carboxylic acids is 1. The van der Waals surface area contributed by atoms with E-state index in [-0.39, 0.29) is 40.4 Å². The maximum absolute atomic E-state index is 13.0. The zero-order valence-corrected chi connectivity index (χ0v) is 42.6. The fraction of sp³-hybridized carbons (Fsp3) is 0.396. The molecule has 6 aromatic heterocycles. The van der Waals surface area contributed by atoms with Crippen molar-refractivity contribution in [1.82, 2.24) is 59.8 Å². The van der Waals surface area contributed by atoms with Crippen molar-refractivity contribution in [2.45, 2.75) is 122 Å². The zero-order chi connectivity index (χ0) is 51.9. The van der Waals surface area contributed by atoms with Crippen LogP contribution >= 0.6 is 0 Å². The van der Waals surface area contributed by atoms with Gasteiger partial charge in [0.1, 0.15) is 0 Å². The number of hydrogen-bond acceptors (Lipinski definition) is 17. The van der Waals surface area contributed by atoms with Gasteiger partial charge in [-0.1, -0.05) is 89.0 Å². The average molecular weight is 990 g/mol. The second kappa shape index (κ2) is 22.2. The second-order valence-electron chi connectivity index (χ2n) is 20.5. The molecule has 0 aliphatic heterocycles. The molecule has 0 saturated carbocycles. The molecule has 20 nitrogen and oxygen atoms in total. The predicted molar refractivity (Wildman–Crippen MR) is 275 cm³/mol. The second-order valence-corrected chi connectivity index (χ2v) is 20.5. The first-order chi connectivity index (χ1) is 34.9. The largest absolute Gasteiger partial charge is 0.474 e. The summed E-state index contributed by atoms with van der Waals surface area (Å²) in [5, 5.41) is 30.7. The quantitative estimate of drug-likeness (QED) is 0.0733. The van der Waals surface area contributed by atoms with Gasteiger partial charge in [-0.2, -0.15) is 20.2 Å². The van der Waals surface area contributed by atoms with Crippen LogP contribution in [0, 0.1) is 0 Å². The van der Waals surface area contributed by atoms with Crippen molar-refractivity contribution in [3.8, 4) is 22.5 Å². The molecule has 0 amide bonds. The lowest BCUT2D eigenvalue weighted by Crippen LogP contribution is -2.14. The molecule has 2 aliphatic rings. The molecule has 0 spiro atoms. The Morgan fingerprint density at radius 3 is 1.64 bits per heavy atom. The highest BCUT2D eigenvalue weighted by Crippen LogP contribution is 2.37. The number of carbonyl (C=O) groups excluding carboxylic acids is 1. The Bertz CT molecular complexity index is 3180. The first kappa shape index (κ1) is 51.4. The van der Waals surface area contributed by atoms with Gasteiger partial charge in [0.05, 0.1) is 35.2 Å². The van der Waals surface area contributed by atoms with Crippen molar-refractivity contribution >= 4 is 35.0 Å². The minimum absolute atomic E-state index is 0.0955. The monoisotopic (exact) mass is 990 g/mol. The number of nitrogens with zero attached hydrogens (tertiary/aromatic N) is 12. The van der Waals surface area contributed by atoms with Gasteiger partial charge in [-0.05, 0) is 91.0 Å². The molecular weight excluding hydrogens is 927 g/mol. The van der Waals surface area contributed by atoms with Gasteiger partial charge in [-0.3, -0.25) is 14.2 Å². The lowest BCUT2D eigenvalue weighted by atomic mass is 9.87. The van der Waals surface area contributed by atoms with E-state index < -0.39 is 5.97 Å². The van der Waals surface area contributed by atoms with E-state index in [1.165, 1.54) is 35.1 Å². The summed E-state index contributed by atoms with van der Waals surface area (Å²) in [5.41, 5.74) is 16.5. The summed E-state index contributed by atoms with van der Waals surface area (Å²) in [6.07, 6.45) is 19.8. The summed E-state index contributed by atoms with van der Waals surface area (Å²) in [7, 11) is 3.74. The van der Waals surface area contributed by atoms with Crippen molar-refractivity contribution < 1.29 is 23.7 Å². The summed E-state index contributed by atoms with van der Waals surface area (Å²) in [6.45, 7) is 11.6. The Labute approximate surface area is 423 Å². The number of Topliss-reactive ketones (excluding diaryl/α,β-unsaturated/α-hetero) is 1. The minimum atomic E-state index is -1.20. The lowest BCUT2D eigenvalue weighted by molar-refractivity contribution is 0.0643. The standard InChI is InChI=1S/C27H31N7O2.C19H22N6.C7H10N2O3/c1-27(2,3)25-32-24(36-33-25)23(35)14-18-8-6-5-7-17-13-19(9-10-21(17)18)22-11-12-28-26(31-22)30-20-15-29-34(4)16-20;1-25-12-15(11-22-25)23-19-21-9-8-18(24-19)14-6-7-16-13(10-14)4-2-3-5-17(16)20;1-7(2,3)6-8-4(5(10)11)12-9-6/h9-13,15-16,18H,5-8,14H2,1-4H3,(H,28,30,31);6-12,17H,2-5,20H2,1H3,(H,21,23,24);1-3H3,(H,10,11). The number of nitrogens with two attached hydrogens (primary N) is 1. The average Bonchev–Trinajstić information content (AvgIpc) is 4.18. The minimum Gasteiger partial charge on any atom is -0.474 e. The number of carbonyl (C=O) groups is 2. The number of ketones is 1. The SMILES string of the molecule is CC(C)(C)c1noc(C(=O)O)n1.Cn1cc(Nc2nccc(-c3ccc4c(c3)CCCCC4CC(=O)c3nc(C(C)(C)C)no3)n2)cn1.Cn1cc(Nc2nccc(-c3ccc4c(c3)CCCCC4N)n2)cn1. The van der Waals surface area contributed by atoms with Crippen LogP contribution in [0.2, 0.25) is 0 Å². The molecule has 73 heavy (non-hydrogen) atoms. The number of hydrogen-bond donors (Lipinski definition) is 4. The number of benzene rings is 2. The van der Waals surface area contributed by atoms with Crippen LogP contribution in [0.4, 0.5) is 23.3 Å². The van der Waals surface area contributed by atoms with E-state index in [2.05, 4.69) is 97.0 Å². The van der Waals surface area contributed by atoms with E-state index in [0.29, 0.717) is 30.0 Å². The molecule has 2 atom stereocenters. The van der Waals surface area contributed by atoms with Gasteiger partial charge in [0.25, 0.3) is 5.89 Å². The Balaban J connectivity index is 0.000000165. The van der Waals surface area contributed by atoms with Crippen LogP contribution in [0.1, 0.15) is 154 Å². The Kier molecular flexibility index (Phi) is 15.6. The molecule has 0 saturated heterocycles. The molecule has 2 aliphatic carbocycles. The van der Waals surface area contributed by atoms with E-state index in [9.17, 15) is 9.59 Å². The number of aromatic nitrogens is 12. The van der Waals surface area contributed by atoms with Gasteiger partial charge in [-0.15, -0.1) is 0 Å². The van der Waals surface area contributed by atoms with Crippen molar-refractivity contribution in [3.63, 3.8) is 0 Å². The highest BCUT2D eigenvalue weighted by molar-refractivity contribution is 5.92. The van der Waals surface area contributed by atoms with Crippen molar-refractivity contribution in [2.24, 2.45) is 19.8 Å². The highest BCUT2D eigenvalue weighted by Gasteiger charge is 2.28. The molecule has 2 aromatic carbocycles. The third-order valence-electron chi connectivity index (χ3n) is 12.5. The molecule has 10 rings (SSSR count). The van der Waals surface area contributed by atoms with Crippen LogP contribution in [0.5, 0.6) is 0 Å². The van der Waals surface area contributed by atoms with E-state index in [4.69, 9.17) is 20.3 Å². The van der Waals surface area contributed by atoms with Crippen LogP contribution in [-0.4, -0.2) is 76.6 Å². The molecule has 5 N–H and O–H groups in total. The van der Waals surface area contributed by atoms with E-state index >= 15 is 0 Å². The fourth-order valence-corrected chi connectivity index (χ4v) is 8.59. The van der Waals surface area contributed by atoms with Crippen molar-refractivity contribution in [2.75, 3.05) is 10.6 Å². The van der Waals surface area contributed by atoms with Crippen LogP contribution in [-0.2, 0) is 37.8 Å². The van der Waals surface area contributed by atoms with Gasteiger partial charge in [0.2, 0.25) is 17.7 Å². The first-order valence-corrected chi connectivity index (χ1v) is 24.5. The number of nitrogens with one attached hydrogen (secondary N) is 2. The van der Waals surface area contributed by atoms with Gasteiger partial charge >= 0.3 is 11.9 Å². The topological polar surface area (TPSA) is 269 Å².